The number of pyridine rings is 1. The molecule has 9 aromatic carbocycles. The maximum atomic E-state index is 5.12. The molecular weight excluding hydrogens is 735 g/mol. The van der Waals surface area contributed by atoms with Crippen LogP contribution in [0.5, 0.6) is 0 Å². The highest BCUT2D eigenvalue weighted by Gasteiger charge is 2.46. The van der Waals surface area contributed by atoms with Crippen LogP contribution in [0.4, 0.5) is 0 Å². The Morgan fingerprint density at radius 3 is 1.13 bits per heavy atom. The number of fused-ring (bicyclic) bond motifs is 3. The summed E-state index contributed by atoms with van der Waals surface area (Å²) >= 11 is 0. The van der Waals surface area contributed by atoms with Gasteiger partial charge < -0.3 is 0 Å². The van der Waals surface area contributed by atoms with Crippen molar-refractivity contribution in [1.82, 2.24) is 4.98 Å². The zero-order valence-corrected chi connectivity index (χ0v) is 33.6. The molecule has 0 fully saturated rings. The molecule has 0 aliphatic heterocycles. The molecule has 286 valence electrons. The van der Waals surface area contributed by atoms with Crippen LogP contribution < -0.4 is 0 Å². The van der Waals surface area contributed by atoms with Gasteiger partial charge in [0.2, 0.25) is 0 Å². The first-order chi connectivity index (χ1) is 30.2. The van der Waals surface area contributed by atoms with Crippen LogP contribution in [-0.4, -0.2) is 4.98 Å². The van der Waals surface area contributed by atoms with Crippen molar-refractivity contribution in [2.24, 2.45) is 0 Å². The second kappa shape index (κ2) is 15.4. The molecule has 10 aromatic rings. The third-order valence-electron chi connectivity index (χ3n) is 12.3. The second-order valence-corrected chi connectivity index (χ2v) is 15.9. The third kappa shape index (κ3) is 6.39. The number of benzene rings is 9. The predicted octanol–water partition coefficient (Wildman–Crippen LogP) is 15.4. The predicted molar refractivity (Wildman–Crippen MR) is 254 cm³/mol. The van der Waals surface area contributed by atoms with Crippen LogP contribution in [0.3, 0.4) is 0 Å². The monoisotopic (exact) mass is 775 g/mol. The molecule has 0 saturated heterocycles. The molecular formula is C60H41N. The Labute approximate surface area is 358 Å². The molecule has 61 heavy (non-hydrogen) atoms. The SMILES string of the molecule is c1ccc(-c2cc(-c3cccc(-c4cccc(-c5cccc(-c6cccc7c6-c6ccccc6C7(c6ccccc6)c6ccccc6)c5)c4)c3)cc(-c3ccccc3)n2)cc1. The minimum Gasteiger partial charge on any atom is -0.248 e. The van der Waals surface area contributed by atoms with Gasteiger partial charge in [0.15, 0.2) is 0 Å². The lowest BCUT2D eigenvalue weighted by atomic mass is 9.67. The van der Waals surface area contributed by atoms with Gasteiger partial charge in [-0.25, -0.2) is 4.98 Å². The lowest BCUT2D eigenvalue weighted by Gasteiger charge is -2.34. The van der Waals surface area contributed by atoms with Crippen LogP contribution in [0.2, 0.25) is 0 Å². The van der Waals surface area contributed by atoms with Crippen molar-refractivity contribution in [3.05, 3.63) is 271 Å². The minimum absolute atomic E-state index is 0.437. The summed E-state index contributed by atoms with van der Waals surface area (Å²) < 4.78 is 0. The first kappa shape index (κ1) is 36.2. The fourth-order valence-corrected chi connectivity index (χ4v) is 9.57. The molecule has 11 rings (SSSR count). The van der Waals surface area contributed by atoms with E-state index in [2.05, 4.69) is 237 Å². The zero-order valence-electron chi connectivity index (χ0n) is 33.6. The van der Waals surface area contributed by atoms with Crippen LogP contribution in [-0.2, 0) is 5.41 Å². The largest absolute Gasteiger partial charge is 0.248 e. The Balaban J connectivity index is 0.991. The van der Waals surface area contributed by atoms with Gasteiger partial charge in [-0.3, -0.25) is 0 Å². The Morgan fingerprint density at radius 1 is 0.246 bits per heavy atom. The molecule has 0 spiro atoms. The number of aromatic nitrogens is 1. The summed E-state index contributed by atoms with van der Waals surface area (Å²) in [5.41, 5.74) is 20.9. The highest BCUT2D eigenvalue weighted by molar-refractivity contribution is 5.96. The van der Waals surface area contributed by atoms with E-state index in [1.807, 2.05) is 12.1 Å². The van der Waals surface area contributed by atoms with E-state index in [1.54, 1.807) is 0 Å². The smallest absolute Gasteiger partial charge is 0.0715 e. The van der Waals surface area contributed by atoms with Gasteiger partial charge in [0.25, 0.3) is 0 Å². The van der Waals surface area contributed by atoms with Gasteiger partial charge in [-0.1, -0.05) is 218 Å². The van der Waals surface area contributed by atoms with Gasteiger partial charge in [0, 0.05) is 11.1 Å². The topological polar surface area (TPSA) is 12.9 Å². The summed E-state index contributed by atoms with van der Waals surface area (Å²) in [6.07, 6.45) is 0. The molecule has 1 aliphatic carbocycles. The molecule has 1 aromatic heterocycles. The Bertz CT molecular complexity index is 3070. The van der Waals surface area contributed by atoms with E-state index in [1.165, 1.54) is 66.8 Å². The quantitative estimate of drug-likeness (QED) is 0.150. The van der Waals surface area contributed by atoms with E-state index < -0.39 is 5.41 Å². The molecule has 0 saturated carbocycles. The molecule has 0 unspecified atom stereocenters. The van der Waals surface area contributed by atoms with Crippen molar-refractivity contribution < 1.29 is 0 Å². The summed E-state index contributed by atoms with van der Waals surface area (Å²) in [7, 11) is 0. The number of rotatable bonds is 8. The molecule has 0 N–H and O–H groups in total. The van der Waals surface area contributed by atoms with Crippen molar-refractivity contribution in [1.29, 1.82) is 0 Å². The van der Waals surface area contributed by atoms with Gasteiger partial charge in [-0.15, -0.1) is 0 Å². The molecule has 1 heterocycles. The molecule has 0 radical (unpaired) electrons. The number of hydrogen-bond donors (Lipinski definition) is 0. The van der Waals surface area contributed by atoms with Gasteiger partial charge in [-0.2, -0.15) is 0 Å². The Kier molecular flexibility index (Phi) is 9.13. The maximum absolute atomic E-state index is 5.12. The number of nitrogens with zero attached hydrogens (tertiary/aromatic N) is 1. The van der Waals surface area contributed by atoms with E-state index in [0.717, 1.165) is 33.6 Å². The summed E-state index contributed by atoms with van der Waals surface area (Å²) in [6.45, 7) is 0. The highest BCUT2D eigenvalue weighted by Crippen LogP contribution is 2.58. The molecule has 0 atom stereocenters. The van der Waals surface area contributed by atoms with E-state index in [0.29, 0.717) is 0 Å². The summed E-state index contributed by atoms with van der Waals surface area (Å²) in [4.78, 5) is 5.12. The average molecular weight is 776 g/mol. The first-order valence-corrected chi connectivity index (χ1v) is 21.0. The van der Waals surface area contributed by atoms with Crippen molar-refractivity contribution >= 4 is 0 Å². The van der Waals surface area contributed by atoms with Crippen LogP contribution >= 0.6 is 0 Å². The summed E-state index contributed by atoms with van der Waals surface area (Å²) in [5, 5.41) is 0. The van der Waals surface area contributed by atoms with E-state index in [4.69, 9.17) is 4.98 Å². The number of hydrogen-bond acceptors (Lipinski definition) is 1. The molecule has 0 amide bonds. The van der Waals surface area contributed by atoms with Gasteiger partial charge in [-0.05, 0) is 108 Å². The standard InChI is InChI=1S/C60H41N/c1-5-19-42(20-6-1)57-40-50(41-58(61-57)43-21-7-2-8-22-43)48-27-16-25-46(38-48)44-23-15-24-45(37-44)47-26-17-28-49(39-47)53-34-18-36-56-59(53)54-33-13-14-35-55(54)60(56,51-29-9-3-10-30-51)52-31-11-4-12-32-52/h1-41H. The third-order valence-corrected chi connectivity index (χ3v) is 12.3. The Hall–Kier alpha value is -7.87. The van der Waals surface area contributed by atoms with Gasteiger partial charge >= 0.3 is 0 Å². The van der Waals surface area contributed by atoms with Gasteiger partial charge in [0.05, 0.1) is 16.8 Å². The van der Waals surface area contributed by atoms with Crippen molar-refractivity contribution in [3.8, 4) is 78.1 Å². The molecule has 0 bridgehead atoms. The lowest BCUT2D eigenvalue weighted by molar-refractivity contribution is 0.768. The second-order valence-electron chi connectivity index (χ2n) is 15.9. The minimum atomic E-state index is -0.437. The summed E-state index contributed by atoms with van der Waals surface area (Å²) in [6, 6.07) is 90.2. The molecule has 1 heteroatoms. The van der Waals surface area contributed by atoms with Crippen molar-refractivity contribution in [2.45, 2.75) is 5.41 Å². The van der Waals surface area contributed by atoms with Crippen molar-refractivity contribution in [3.63, 3.8) is 0 Å². The maximum Gasteiger partial charge on any atom is 0.0715 e. The fourth-order valence-electron chi connectivity index (χ4n) is 9.57. The van der Waals surface area contributed by atoms with E-state index >= 15 is 0 Å². The van der Waals surface area contributed by atoms with E-state index in [9.17, 15) is 0 Å². The van der Waals surface area contributed by atoms with Crippen LogP contribution in [0.15, 0.2) is 249 Å². The fraction of sp³-hybridized carbons (Fsp3) is 0.0167. The average Bonchev–Trinajstić information content (AvgIpc) is 3.66. The first-order valence-electron chi connectivity index (χ1n) is 21.0. The highest BCUT2D eigenvalue weighted by atomic mass is 14.7. The zero-order chi connectivity index (χ0) is 40.6. The molecule has 1 aliphatic rings. The molecule has 1 nitrogen and oxygen atoms in total. The van der Waals surface area contributed by atoms with Crippen LogP contribution in [0, 0.1) is 0 Å². The lowest BCUT2D eigenvalue weighted by Crippen LogP contribution is -2.28. The van der Waals surface area contributed by atoms with E-state index in [-0.39, 0.29) is 0 Å². The Morgan fingerprint density at radius 2 is 0.607 bits per heavy atom. The van der Waals surface area contributed by atoms with Crippen LogP contribution in [0.1, 0.15) is 22.3 Å². The summed E-state index contributed by atoms with van der Waals surface area (Å²) in [5.74, 6) is 0. The van der Waals surface area contributed by atoms with Gasteiger partial charge in [0.1, 0.15) is 0 Å². The van der Waals surface area contributed by atoms with Crippen LogP contribution in [0.25, 0.3) is 78.1 Å². The normalized spacial score (nSPS) is 12.4. The van der Waals surface area contributed by atoms with Crippen molar-refractivity contribution in [2.75, 3.05) is 0 Å².